The molecule has 0 radical (unpaired) electrons. The molecular formula is C28H26O5. The zero-order valence-electron chi connectivity index (χ0n) is 18.6. The Morgan fingerprint density at radius 3 is 1.42 bits per heavy atom. The molecule has 0 aliphatic rings. The molecule has 5 nitrogen and oxygen atoms in total. The van der Waals surface area contributed by atoms with E-state index < -0.39 is 23.1 Å². The van der Waals surface area contributed by atoms with Crippen LogP contribution in [-0.2, 0) is 0 Å². The minimum absolute atomic E-state index is 0.153. The summed E-state index contributed by atoms with van der Waals surface area (Å²) in [6, 6.07) is 20.3. The molecule has 5 heteroatoms. The molecule has 0 aliphatic carbocycles. The lowest BCUT2D eigenvalue weighted by atomic mass is 9.97. The minimum atomic E-state index is -0.684. The van der Waals surface area contributed by atoms with Gasteiger partial charge in [0.2, 0.25) is 23.1 Å². The van der Waals surface area contributed by atoms with Crippen molar-refractivity contribution in [1.82, 2.24) is 0 Å². The lowest BCUT2D eigenvalue weighted by Gasteiger charge is -2.07. The SMILES string of the molecule is CCCCCCOc1ccc(C(=O)C(=O)c2ccc(C(=O)C(=O)c3ccccc3)cc2)cc1. The number of unbranched alkanes of at least 4 members (excludes halogenated alkanes) is 3. The fourth-order valence-corrected chi connectivity index (χ4v) is 3.31. The summed E-state index contributed by atoms with van der Waals surface area (Å²) < 4.78 is 5.66. The summed E-state index contributed by atoms with van der Waals surface area (Å²) in [5.41, 5.74) is 0.872. The molecule has 0 saturated heterocycles. The van der Waals surface area contributed by atoms with E-state index >= 15 is 0 Å². The van der Waals surface area contributed by atoms with E-state index in [1.807, 2.05) is 0 Å². The molecule has 0 aromatic heterocycles. The van der Waals surface area contributed by atoms with E-state index in [4.69, 9.17) is 4.74 Å². The highest BCUT2D eigenvalue weighted by Gasteiger charge is 2.21. The summed E-state index contributed by atoms with van der Waals surface area (Å²) in [5, 5.41) is 0. The topological polar surface area (TPSA) is 77.5 Å². The Kier molecular flexibility index (Phi) is 8.42. The van der Waals surface area contributed by atoms with Crippen molar-refractivity contribution in [2.24, 2.45) is 0 Å². The van der Waals surface area contributed by atoms with Gasteiger partial charge < -0.3 is 4.74 Å². The first-order valence-electron chi connectivity index (χ1n) is 11.1. The molecule has 0 N–H and O–H groups in total. The van der Waals surface area contributed by atoms with E-state index in [2.05, 4.69) is 6.92 Å². The largest absolute Gasteiger partial charge is 0.494 e. The van der Waals surface area contributed by atoms with Gasteiger partial charge in [0.1, 0.15) is 5.75 Å². The fourth-order valence-electron chi connectivity index (χ4n) is 3.31. The van der Waals surface area contributed by atoms with Crippen LogP contribution in [0, 0.1) is 0 Å². The van der Waals surface area contributed by atoms with Crippen molar-refractivity contribution in [3.8, 4) is 5.75 Å². The van der Waals surface area contributed by atoms with Crippen LogP contribution in [0.4, 0.5) is 0 Å². The Hall–Kier alpha value is -3.86. The first kappa shape index (κ1) is 23.8. The zero-order valence-corrected chi connectivity index (χ0v) is 18.6. The third-order valence-electron chi connectivity index (χ3n) is 5.24. The Morgan fingerprint density at radius 2 is 0.970 bits per heavy atom. The minimum Gasteiger partial charge on any atom is -0.494 e. The molecular weight excluding hydrogens is 416 g/mol. The first-order chi connectivity index (χ1) is 16.0. The van der Waals surface area contributed by atoms with Crippen LogP contribution < -0.4 is 4.74 Å². The molecule has 0 aliphatic heterocycles. The number of Topliss-reactive ketones (excluding diaryl/α,β-unsaturated/α-hetero) is 4. The maximum absolute atomic E-state index is 12.6. The highest BCUT2D eigenvalue weighted by atomic mass is 16.5. The quantitative estimate of drug-likeness (QED) is 0.202. The van der Waals surface area contributed by atoms with E-state index in [-0.39, 0.29) is 16.7 Å². The van der Waals surface area contributed by atoms with Gasteiger partial charge in [0.25, 0.3) is 0 Å². The summed E-state index contributed by atoms with van der Waals surface area (Å²) in [6.07, 6.45) is 4.43. The number of hydrogen-bond donors (Lipinski definition) is 0. The Labute approximate surface area is 193 Å². The van der Waals surface area contributed by atoms with E-state index in [1.54, 1.807) is 54.6 Å². The molecule has 0 saturated carbocycles. The monoisotopic (exact) mass is 442 g/mol. The number of carbonyl (C=O) groups excluding carboxylic acids is 4. The summed E-state index contributed by atoms with van der Waals surface area (Å²) in [6.45, 7) is 2.77. The van der Waals surface area contributed by atoms with Crippen molar-refractivity contribution in [2.75, 3.05) is 6.61 Å². The van der Waals surface area contributed by atoms with Crippen LogP contribution in [0.3, 0.4) is 0 Å². The number of benzene rings is 3. The molecule has 0 amide bonds. The Balaban J connectivity index is 1.61. The van der Waals surface area contributed by atoms with Crippen molar-refractivity contribution in [3.63, 3.8) is 0 Å². The standard InChI is InChI=1S/C28H26O5/c1-2-3-4-8-19-33-24-17-15-23(16-18-24)28(32)27(31)22-13-11-21(12-14-22)26(30)25(29)20-9-6-5-7-10-20/h5-7,9-18H,2-4,8,19H2,1H3. The van der Waals surface area contributed by atoms with E-state index in [0.717, 1.165) is 19.3 Å². The van der Waals surface area contributed by atoms with Gasteiger partial charge in [-0.15, -0.1) is 0 Å². The van der Waals surface area contributed by atoms with Gasteiger partial charge >= 0.3 is 0 Å². The van der Waals surface area contributed by atoms with Crippen LogP contribution in [-0.4, -0.2) is 29.7 Å². The lowest BCUT2D eigenvalue weighted by Crippen LogP contribution is -2.16. The normalized spacial score (nSPS) is 10.5. The van der Waals surface area contributed by atoms with Gasteiger partial charge in [-0.1, -0.05) is 80.8 Å². The molecule has 0 spiro atoms. The van der Waals surface area contributed by atoms with Crippen molar-refractivity contribution >= 4 is 23.1 Å². The van der Waals surface area contributed by atoms with Gasteiger partial charge in [-0.25, -0.2) is 0 Å². The predicted octanol–water partition coefficient (Wildman–Crippen LogP) is 5.78. The molecule has 0 atom stereocenters. The van der Waals surface area contributed by atoms with Gasteiger partial charge in [-0.05, 0) is 30.7 Å². The molecule has 3 rings (SSSR count). The summed E-state index contributed by atoms with van der Waals surface area (Å²) >= 11 is 0. The molecule has 0 bridgehead atoms. The van der Waals surface area contributed by atoms with Crippen LogP contribution >= 0.6 is 0 Å². The fraction of sp³-hybridized carbons (Fsp3) is 0.214. The lowest BCUT2D eigenvalue weighted by molar-refractivity contribution is 0.0814. The Bertz CT molecular complexity index is 1110. The second-order valence-electron chi connectivity index (χ2n) is 7.69. The van der Waals surface area contributed by atoms with Gasteiger partial charge in [0, 0.05) is 22.3 Å². The van der Waals surface area contributed by atoms with Crippen molar-refractivity contribution in [3.05, 3.63) is 101 Å². The van der Waals surface area contributed by atoms with Crippen molar-refractivity contribution in [1.29, 1.82) is 0 Å². The summed E-state index contributed by atoms with van der Waals surface area (Å²) in [7, 11) is 0. The number of ether oxygens (including phenoxy) is 1. The van der Waals surface area contributed by atoms with Gasteiger partial charge in [0.15, 0.2) is 0 Å². The highest BCUT2D eigenvalue weighted by molar-refractivity contribution is 6.50. The number of rotatable bonds is 12. The van der Waals surface area contributed by atoms with Gasteiger partial charge in [0.05, 0.1) is 6.61 Å². The molecule has 0 fully saturated rings. The third-order valence-corrected chi connectivity index (χ3v) is 5.24. The van der Waals surface area contributed by atoms with Crippen LogP contribution in [0.2, 0.25) is 0 Å². The third kappa shape index (κ3) is 6.32. The highest BCUT2D eigenvalue weighted by Crippen LogP contribution is 2.16. The van der Waals surface area contributed by atoms with Crippen LogP contribution in [0.1, 0.15) is 74.0 Å². The van der Waals surface area contributed by atoms with Crippen molar-refractivity contribution in [2.45, 2.75) is 32.6 Å². The number of ketones is 4. The Morgan fingerprint density at radius 1 is 0.545 bits per heavy atom. The second-order valence-corrected chi connectivity index (χ2v) is 7.69. The maximum atomic E-state index is 12.6. The van der Waals surface area contributed by atoms with Crippen LogP contribution in [0.15, 0.2) is 78.9 Å². The van der Waals surface area contributed by atoms with E-state index in [9.17, 15) is 19.2 Å². The van der Waals surface area contributed by atoms with E-state index in [0.29, 0.717) is 17.9 Å². The maximum Gasteiger partial charge on any atom is 0.233 e. The summed E-state index contributed by atoms with van der Waals surface area (Å²) in [4.78, 5) is 49.9. The van der Waals surface area contributed by atoms with Gasteiger partial charge in [-0.2, -0.15) is 0 Å². The predicted molar refractivity (Wildman–Crippen MR) is 126 cm³/mol. The molecule has 168 valence electrons. The molecule has 3 aromatic rings. The first-order valence-corrected chi connectivity index (χ1v) is 11.1. The number of hydrogen-bond acceptors (Lipinski definition) is 5. The molecule has 0 unspecified atom stereocenters. The smallest absolute Gasteiger partial charge is 0.233 e. The second kappa shape index (κ2) is 11.7. The van der Waals surface area contributed by atoms with Crippen molar-refractivity contribution < 1.29 is 23.9 Å². The van der Waals surface area contributed by atoms with Crippen LogP contribution in [0.25, 0.3) is 0 Å². The average Bonchev–Trinajstić information content (AvgIpc) is 2.88. The number of carbonyl (C=O) groups is 4. The van der Waals surface area contributed by atoms with Gasteiger partial charge in [-0.3, -0.25) is 19.2 Å². The summed E-state index contributed by atoms with van der Waals surface area (Å²) in [5.74, 6) is -1.97. The zero-order chi connectivity index (χ0) is 23.6. The molecule has 3 aromatic carbocycles. The average molecular weight is 443 g/mol. The molecule has 0 heterocycles. The van der Waals surface area contributed by atoms with E-state index in [1.165, 1.54) is 30.7 Å². The molecule has 33 heavy (non-hydrogen) atoms. The van der Waals surface area contributed by atoms with Crippen LogP contribution in [0.5, 0.6) is 5.75 Å².